The van der Waals surface area contributed by atoms with Crippen LogP contribution in [-0.2, 0) is 14.3 Å². The lowest BCUT2D eigenvalue weighted by atomic mass is 10.1. The van der Waals surface area contributed by atoms with Crippen LogP contribution in [0.5, 0.6) is 0 Å². The number of rotatable bonds is 2. The summed E-state index contributed by atoms with van der Waals surface area (Å²) in [6, 6.07) is 8.94. The van der Waals surface area contributed by atoms with Crippen molar-refractivity contribution in [1.29, 1.82) is 0 Å². The van der Waals surface area contributed by atoms with Crippen LogP contribution in [-0.4, -0.2) is 24.1 Å². The minimum absolute atomic E-state index is 0.0499. The fraction of sp³-hybridized carbons (Fsp3) is 0.429. The molecule has 4 nitrogen and oxygen atoms in total. The summed E-state index contributed by atoms with van der Waals surface area (Å²) in [5, 5.41) is 0. The zero-order chi connectivity index (χ0) is 12.5. The fourth-order valence-corrected chi connectivity index (χ4v) is 2.72. The molecule has 18 heavy (non-hydrogen) atoms. The van der Waals surface area contributed by atoms with Gasteiger partial charge >= 0.3 is 11.9 Å². The van der Waals surface area contributed by atoms with Gasteiger partial charge in [-0.3, -0.25) is 4.79 Å². The predicted molar refractivity (Wildman–Crippen MR) is 62.9 cm³/mol. The molecule has 2 fully saturated rings. The molecular formula is C14H14O4. The highest BCUT2D eigenvalue weighted by Crippen LogP contribution is 2.38. The molecule has 3 rings (SSSR count). The quantitative estimate of drug-likeness (QED) is 0.748. The molecule has 1 saturated carbocycles. The van der Waals surface area contributed by atoms with Crippen molar-refractivity contribution in [3.63, 3.8) is 0 Å². The number of carbonyl (C=O) groups excluding carboxylic acids is 2. The second kappa shape index (κ2) is 4.44. The molecule has 1 aliphatic heterocycles. The third-order valence-corrected chi connectivity index (χ3v) is 3.58. The van der Waals surface area contributed by atoms with Crippen molar-refractivity contribution in [1.82, 2.24) is 0 Å². The van der Waals surface area contributed by atoms with Crippen LogP contribution < -0.4 is 0 Å². The minimum atomic E-state index is -0.299. The van der Waals surface area contributed by atoms with E-state index >= 15 is 0 Å². The molecule has 0 amide bonds. The Morgan fingerprint density at radius 1 is 1.22 bits per heavy atom. The lowest BCUT2D eigenvalue weighted by molar-refractivity contribution is -0.141. The summed E-state index contributed by atoms with van der Waals surface area (Å²) in [6.07, 6.45) is 1.65. The lowest BCUT2D eigenvalue weighted by Crippen LogP contribution is -2.17. The summed E-state index contributed by atoms with van der Waals surface area (Å²) in [4.78, 5) is 22.9. The van der Waals surface area contributed by atoms with Crippen molar-refractivity contribution in [3.8, 4) is 0 Å². The van der Waals surface area contributed by atoms with Crippen LogP contribution in [0.1, 0.15) is 29.6 Å². The van der Waals surface area contributed by atoms with E-state index in [1.165, 1.54) is 0 Å². The number of benzene rings is 1. The Morgan fingerprint density at radius 2 is 2.00 bits per heavy atom. The first-order valence-corrected chi connectivity index (χ1v) is 6.18. The van der Waals surface area contributed by atoms with Gasteiger partial charge in [0.1, 0.15) is 12.2 Å². The monoisotopic (exact) mass is 246 g/mol. The summed E-state index contributed by atoms with van der Waals surface area (Å²) >= 11 is 0. The lowest BCUT2D eigenvalue weighted by Gasteiger charge is -2.12. The SMILES string of the molecule is O=C1C[C@H]2C[C@H](OC(=O)c3ccccc3)C[C@H]2O1. The summed E-state index contributed by atoms with van der Waals surface area (Å²) in [7, 11) is 0. The molecule has 94 valence electrons. The van der Waals surface area contributed by atoms with Crippen LogP contribution in [0.15, 0.2) is 30.3 Å². The van der Waals surface area contributed by atoms with E-state index in [1.54, 1.807) is 12.1 Å². The second-order valence-electron chi connectivity index (χ2n) is 4.86. The van der Waals surface area contributed by atoms with Crippen molar-refractivity contribution < 1.29 is 19.1 Å². The average Bonchev–Trinajstić information content (AvgIpc) is 2.86. The van der Waals surface area contributed by atoms with Gasteiger partial charge in [-0.2, -0.15) is 0 Å². The number of hydrogen-bond donors (Lipinski definition) is 0. The van der Waals surface area contributed by atoms with E-state index < -0.39 is 0 Å². The normalized spacial score (nSPS) is 29.8. The van der Waals surface area contributed by atoms with Gasteiger partial charge in [0.2, 0.25) is 0 Å². The molecule has 1 aromatic rings. The molecule has 1 aromatic carbocycles. The molecule has 3 atom stereocenters. The average molecular weight is 246 g/mol. The van der Waals surface area contributed by atoms with Crippen LogP contribution in [0.4, 0.5) is 0 Å². The Bertz CT molecular complexity index is 452. The Hall–Kier alpha value is -1.84. The zero-order valence-electron chi connectivity index (χ0n) is 9.87. The van der Waals surface area contributed by atoms with Crippen LogP contribution in [0, 0.1) is 5.92 Å². The molecule has 4 heteroatoms. The molecule has 0 bridgehead atoms. The van der Waals surface area contributed by atoms with Gasteiger partial charge in [-0.15, -0.1) is 0 Å². The van der Waals surface area contributed by atoms with Crippen molar-refractivity contribution in [3.05, 3.63) is 35.9 Å². The van der Waals surface area contributed by atoms with E-state index in [-0.39, 0.29) is 30.1 Å². The van der Waals surface area contributed by atoms with Crippen LogP contribution in [0.2, 0.25) is 0 Å². The second-order valence-corrected chi connectivity index (χ2v) is 4.86. The maximum atomic E-state index is 11.9. The van der Waals surface area contributed by atoms with E-state index in [4.69, 9.17) is 9.47 Å². The third-order valence-electron chi connectivity index (χ3n) is 3.58. The summed E-state index contributed by atoms with van der Waals surface area (Å²) in [6.45, 7) is 0. The Morgan fingerprint density at radius 3 is 2.72 bits per heavy atom. The van der Waals surface area contributed by atoms with Gasteiger partial charge < -0.3 is 9.47 Å². The first-order valence-electron chi connectivity index (χ1n) is 6.18. The maximum Gasteiger partial charge on any atom is 0.338 e. The summed E-state index contributed by atoms with van der Waals surface area (Å²) in [5.74, 6) is -0.198. The maximum absolute atomic E-state index is 11.9. The van der Waals surface area contributed by atoms with Gasteiger partial charge in [0, 0.05) is 12.3 Å². The largest absolute Gasteiger partial charge is 0.462 e. The third kappa shape index (κ3) is 2.10. The van der Waals surface area contributed by atoms with E-state index in [0.29, 0.717) is 18.4 Å². The highest BCUT2D eigenvalue weighted by Gasteiger charge is 2.44. The molecule has 0 spiro atoms. The molecule has 0 unspecified atom stereocenters. The highest BCUT2D eigenvalue weighted by molar-refractivity contribution is 5.89. The fourth-order valence-electron chi connectivity index (χ4n) is 2.72. The van der Waals surface area contributed by atoms with Gasteiger partial charge in [-0.05, 0) is 18.6 Å². The molecule has 0 N–H and O–H groups in total. The summed E-state index contributed by atoms with van der Waals surface area (Å²) in [5.41, 5.74) is 0.562. The van der Waals surface area contributed by atoms with Crippen LogP contribution >= 0.6 is 0 Å². The summed E-state index contributed by atoms with van der Waals surface area (Å²) < 4.78 is 10.6. The minimum Gasteiger partial charge on any atom is -0.462 e. The molecule has 0 radical (unpaired) electrons. The zero-order valence-corrected chi connectivity index (χ0v) is 9.87. The molecule has 1 aliphatic carbocycles. The standard InChI is InChI=1S/C14H14O4/c15-13-7-10-6-11(8-12(10)18-13)17-14(16)9-4-2-1-3-5-9/h1-5,10-12H,6-8H2/t10-,11+,12-/m1/s1. The van der Waals surface area contributed by atoms with Gasteiger partial charge in [0.25, 0.3) is 0 Å². The molecule has 2 aliphatic rings. The van der Waals surface area contributed by atoms with E-state index in [2.05, 4.69) is 0 Å². The smallest absolute Gasteiger partial charge is 0.338 e. The molecule has 0 aromatic heterocycles. The number of ether oxygens (including phenoxy) is 2. The Kier molecular flexibility index (Phi) is 2.78. The highest BCUT2D eigenvalue weighted by atomic mass is 16.6. The van der Waals surface area contributed by atoms with Gasteiger partial charge in [0.15, 0.2) is 0 Å². The van der Waals surface area contributed by atoms with E-state index in [1.807, 2.05) is 18.2 Å². The van der Waals surface area contributed by atoms with E-state index in [0.717, 1.165) is 6.42 Å². The van der Waals surface area contributed by atoms with Gasteiger partial charge in [-0.25, -0.2) is 4.79 Å². The number of carbonyl (C=O) groups is 2. The predicted octanol–water partition coefficient (Wildman–Crippen LogP) is 1.94. The van der Waals surface area contributed by atoms with Gasteiger partial charge in [0.05, 0.1) is 12.0 Å². The van der Waals surface area contributed by atoms with Crippen molar-refractivity contribution in [2.75, 3.05) is 0 Å². The van der Waals surface area contributed by atoms with Gasteiger partial charge in [-0.1, -0.05) is 18.2 Å². The number of esters is 2. The number of hydrogen-bond acceptors (Lipinski definition) is 4. The topological polar surface area (TPSA) is 52.6 Å². The molecular weight excluding hydrogens is 232 g/mol. The van der Waals surface area contributed by atoms with Crippen LogP contribution in [0.3, 0.4) is 0 Å². The Balaban J connectivity index is 1.59. The van der Waals surface area contributed by atoms with Crippen molar-refractivity contribution in [2.24, 2.45) is 5.92 Å². The molecule has 1 heterocycles. The molecule has 1 saturated heterocycles. The van der Waals surface area contributed by atoms with Crippen LogP contribution in [0.25, 0.3) is 0 Å². The van der Waals surface area contributed by atoms with Crippen molar-refractivity contribution >= 4 is 11.9 Å². The first kappa shape index (κ1) is 11.3. The van der Waals surface area contributed by atoms with E-state index in [9.17, 15) is 9.59 Å². The number of fused-ring (bicyclic) bond motifs is 1. The van der Waals surface area contributed by atoms with Crippen molar-refractivity contribution in [2.45, 2.75) is 31.5 Å². The Labute approximate surface area is 105 Å². The first-order chi connectivity index (χ1) is 8.72.